The summed E-state index contributed by atoms with van der Waals surface area (Å²) in [5, 5.41) is 11.4. The van der Waals surface area contributed by atoms with Gasteiger partial charge in [0.1, 0.15) is 15.6 Å². The van der Waals surface area contributed by atoms with Gasteiger partial charge in [-0.1, -0.05) is 13.8 Å². The molecule has 47 heavy (non-hydrogen) atoms. The zero-order chi connectivity index (χ0) is 33.2. The summed E-state index contributed by atoms with van der Waals surface area (Å²) in [7, 11) is -1.42. The number of ether oxygens (including phenoxy) is 1. The summed E-state index contributed by atoms with van der Waals surface area (Å²) in [4.78, 5) is 21.3. The molecular weight excluding hydrogens is 615 g/mol. The van der Waals surface area contributed by atoms with Crippen LogP contribution in [0.1, 0.15) is 43.8 Å². The molecule has 7 heterocycles. The van der Waals surface area contributed by atoms with Gasteiger partial charge in [0.05, 0.1) is 53.2 Å². The monoisotopic (exact) mass is 651 g/mol. The molecule has 242 valence electrons. The highest BCUT2D eigenvalue weighted by atomic mass is 32.2. The third-order valence-electron chi connectivity index (χ3n) is 9.07. The van der Waals surface area contributed by atoms with E-state index in [1.165, 1.54) is 6.26 Å². The Balaban J connectivity index is 1.33. The van der Waals surface area contributed by atoms with E-state index < -0.39 is 9.84 Å². The van der Waals surface area contributed by atoms with Crippen molar-refractivity contribution in [3.8, 4) is 28.6 Å². The van der Waals surface area contributed by atoms with Crippen LogP contribution in [0.3, 0.4) is 0 Å². The molecule has 0 aliphatic carbocycles. The molecule has 6 aromatic rings. The minimum absolute atomic E-state index is 0.0911. The topological polar surface area (TPSA) is 134 Å². The Labute approximate surface area is 273 Å². The van der Waals surface area contributed by atoms with Gasteiger partial charge in [0, 0.05) is 77.1 Å². The molecule has 1 saturated heterocycles. The van der Waals surface area contributed by atoms with E-state index in [0.29, 0.717) is 23.9 Å². The van der Waals surface area contributed by atoms with E-state index in [1.807, 2.05) is 59.9 Å². The van der Waals surface area contributed by atoms with Crippen molar-refractivity contribution in [2.75, 3.05) is 30.6 Å². The van der Waals surface area contributed by atoms with Gasteiger partial charge in [0.2, 0.25) is 0 Å². The van der Waals surface area contributed by atoms with Crippen LogP contribution in [0.2, 0.25) is 0 Å². The van der Waals surface area contributed by atoms with Gasteiger partial charge in [-0.25, -0.2) is 27.7 Å². The number of fused-ring (bicyclic) bond motifs is 2. The number of hydrogen-bond acceptors (Lipinski definition) is 10. The summed E-state index contributed by atoms with van der Waals surface area (Å²) in [6.45, 7) is 10.9. The van der Waals surface area contributed by atoms with Crippen molar-refractivity contribution >= 4 is 37.3 Å². The fourth-order valence-electron chi connectivity index (χ4n) is 6.41. The molecule has 0 N–H and O–H groups in total. The lowest BCUT2D eigenvalue weighted by molar-refractivity contribution is 0.341. The number of hydrogen-bond donors (Lipinski definition) is 0. The number of nitrogens with zero attached hydrogens (tertiary/aromatic N) is 9. The third kappa shape index (κ3) is 5.47. The molecule has 0 bridgehead atoms. The molecule has 0 saturated carbocycles. The quantitative estimate of drug-likeness (QED) is 0.215. The van der Waals surface area contributed by atoms with Crippen LogP contribution in [-0.2, 0) is 9.84 Å². The van der Waals surface area contributed by atoms with Crippen molar-refractivity contribution in [2.24, 2.45) is 5.92 Å². The van der Waals surface area contributed by atoms with Crippen molar-refractivity contribution in [3.63, 3.8) is 0 Å². The molecule has 0 spiro atoms. The van der Waals surface area contributed by atoms with Gasteiger partial charge in [-0.05, 0) is 44.9 Å². The maximum atomic E-state index is 12.0. The Kier molecular flexibility index (Phi) is 7.46. The predicted molar refractivity (Wildman–Crippen MR) is 182 cm³/mol. The molecule has 6 aromatic heterocycles. The number of pyridine rings is 4. The van der Waals surface area contributed by atoms with Gasteiger partial charge >= 0.3 is 0 Å². The van der Waals surface area contributed by atoms with Gasteiger partial charge in [-0.3, -0.25) is 9.97 Å². The second-order valence-electron chi connectivity index (χ2n) is 12.7. The summed E-state index contributed by atoms with van der Waals surface area (Å²) < 4.78 is 33.2. The van der Waals surface area contributed by atoms with Gasteiger partial charge in [0.15, 0.2) is 11.6 Å². The molecular formula is C34H37N9O3S. The van der Waals surface area contributed by atoms with Crippen LogP contribution in [-0.4, -0.2) is 79.6 Å². The van der Waals surface area contributed by atoms with Crippen molar-refractivity contribution in [1.29, 1.82) is 0 Å². The van der Waals surface area contributed by atoms with Crippen LogP contribution in [0.15, 0.2) is 55.1 Å². The summed E-state index contributed by atoms with van der Waals surface area (Å²) in [5.41, 5.74) is 6.80. The Morgan fingerprint density at radius 1 is 0.915 bits per heavy atom. The molecule has 1 aliphatic heterocycles. The van der Waals surface area contributed by atoms with Crippen LogP contribution in [0, 0.1) is 19.8 Å². The number of aromatic nitrogens is 8. The minimum atomic E-state index is -3.05. The Morgan fingerprint density at radius 2 is 1.57 bits per heavy atom. The maximum Gasteiger partial charge on any atom is 0.156 e. The average molecular weight is 652 g/mol. The Bertz CT molecular complexity index is 2280. The van der Waals surface area contributed by atoms with Gasteiger partial charge in [-0.15, -0.1) is 0 Å². The smallest absolute Gasteiger partial charge is 0.156 e. The normalized spacial score (nSPS) is 16.7. The van der Waals surface area contributed by atoms with Crippen LogP contribution in [0.4, 0.5) is 5.69 Å². The average Bonchev–Trinajstić information content (AvgIpc) is 3.67. The minimum Gasteiger partial charge on any atom is -0.496 e. The van der Waals surface area contributed by atoms with Gasteiger partial charge in [0.25, 0.3) is 0 Å². The Hall–Kier alpha value is -4.91. The van der Waals surface area contributed by atoms with Crippen LogP contribution in [0.25, 0.3) is 44.7 Å². The lowest BCUT2D eigenvalue weighted by atomic mass is 9.90. The fraction of sp³-hybridized carbons (Fsp3) is 0.353. The molecule has 0 aromatic carbocycles. The first-order chi connectivity index (χ1) is 22.4. The summed E-state index contributed by atoms with van der Waals surface area (Å²) >= 11 is 0. The molecule has 2 atom stereocenters. The number of methoxy groups -OCH3 is 1. The largest absolute Gasteiger partial charge is 0.496 e. The van der Waals surface area contributed by atoms with E-state index >= 15 is 0 Å². The van der Waals surface area contributed by atoms with E-state index in [0.717, 1.165) is 55.8 Å². The number of sulfone groups is 1. The molecule has 12 nitrogen and oxygen atoms in total. The maximum absolute atomic E-state index is 12.0. The fourth-order valence-corrected chi connectivity index (χ4v) is 7.57. The first kappa shape index (κ1) is 30.7. The molecule has 13 heteroatoms. The highest BCUT2D eigenvalue weighted by molar-refractivity contribution is 7.90. The number of aryl methyl sites for hydroxylation is 2. The van der Waals surface area contributed by atoms with Crippen LogP contribution < -0.4 is 9.64 Å². The van der Waals surface area contributed by atoms with Crippen molar-refractivity contribution < 1.29 is 13.2 Å². The van der Waals surface area contributed by atoms with E-state index in [1.54, 1.807) is 19.5 Å². The van der Waals surface area contributed by atoms with Crippen molar-refractivity contribution in [3.05, 3.63) is 72.2 Å². The lowest BCUT2D eigenvalue weighted by Gasteiger charge is -2.48. The summed E-state index contributed by atoms with van der Waals surface area (Å²) in [6.07, 6.45) is 8.38. The summed E-state index contributed by atoms with van der Waals surface area (Å²) in [5.74, 6) is 2.47. The molecule has 0 radical (unpaired) electrons. The standard InChI is InChI=1S/C34H37N9O3S/c1-19(2)28-10-24(41-17-23(22(41)5)18-47(7,44)45)11-33(40-28)43-31-13-34(39-21(4)26(31)16-37-43)42-30-12-29(38-20(3)25(30)15-36-42)27-14-35-9-8-32(27)46-6/h8-16,19,22-23H,17-18H2,1-7H3/t22-,23-/m1/s1. The first-order valence-electron chi connectivity index (χ1n) is 15.6. The molecule has 0 amide bonds. The molecule has 1 fully saturated rings. The van der Waals surface area contributed by atoms with Crippen molar-refractivity contribution in [2.45, 2.75) is 46.6 Å². The molecule has 0 unspecified atom stereocenters. The Morgan fingerprint density at radius 3 is 2.21 bits per heavy atom. The second kappa shape index (κ2) is 11.4. The molecule has 7 rings (SSSR count). The summed E-state index contributed by atoms with van der Waals surface area (Å²) in [6, 6.07) is 10.0. The molecule has 1 aliphatic rings. The SMILES string of the molecule is COc1ccncc1-c1cc2c(cnn2-c2cc3c(cnn3-c3cc(N4C[C@H](CS(C)(=O)=O)[C@H]4C)cc(C(C)C)n3)c(C)n2)c(C)n1. The lowest BCUT2D eigenvalue weighted by Crippen LogP contribution is -2.57. The zero-order valence-corrected chi connectivity index (χ0v) is 28.3. The highest BCUT2D eigenvalue weighted by Crippen LogP contribution is 2.36. The van der Waals surface area contributed by atoms with E-state index in [9.17, 15) is 8.42 Å². The number of anilines is 1. The third-order valence-corrected chi connectivity index (χ3v) is 10.1. The highest BCUT2D eigenvalue weighted by Gasteiger charge is 2.38. The second-order valence-corrected chi connectivity index (χ2v) is 14.9. The van der Waals surface area contributed by atoms with E-state index in [4.69, 9.17) is 29.9 Å². The van der Waals surface area contributed by atoms with E-state index in [2.05, 4.69) is 36.7 Å². The van der Waals surface area contributed by atoms with Crippen LogP contribution in [0.5, 0.6) is 5.75 Å². The number of rotatable bonds is 8. The zero-order valence-electron chi connectivity index (χ0n) is 27.5. The van der Waals surface area contributed by atoms with Gasteiger partial charge < -0.3 is 9.64 Å². The van der Waals surface area contributed by atoms with Crippen molar-refractivity contribution in [1.82, 2.24) is 39.5 Å². The first-order valence-corrected chi connectivity index (χ1v) is 17.6. The van der Waals surface area contributed by atoms with Crippen LogP contribution >= 0.6 is 0 Å². The predicted octanol–water partition coefficient (Wildman–Crippen LogP) is 5.23. The van der Waals surface area contributed by atoms with E-state index in [-0.39, 0.29) is 23.6 Å². The van der Waals surface area contributed by atoms with Gasteiger partial charge in [-0.2, -0.15) is 10.2 Å².